The Bertz CT molecular complexity index is 892. The highest BCUT2D eigenvalue weighted by atomic mass is 19.1. The molecule has 0 radical (unpaired) electrons. The first-order valence-electron chi connectivity index (χ1n) is 6.81. The predicted octanol–water partition coefficient (Wildman–Crippen LogP) is 3.14. The number of hydrogen-bond acceptors (Lipinski definition) is 5. The first-order valence-corrected chi connectivity index (χ1v) is 6.81. The van der Waals surface area contributed by atoms with Gasteiger partial charge < -0.3 is 4.74 Å². The molecule has 0 spiro atoms. The summed E-state index contributed by atoms with van der Waals surface area (Å²) >= 11 is 0. The van der Waals surface area contributed by atoms with Gasteiger partial charge in [0.2, 0.25) is 5.75 Å². The number of ether oxygens (including phenoxy) is 1. The number of nitrogens with zero attached hydrogens (tertiary/aromatic N) is 3. The van der Waals surface area contributed by atoms with E-state index in [1.807, 2.05) is 0 Å². The molecule has 1 heterocycles. The summed E-state index contributed by atoms with van der Waals surface area (Å²) in [5, 5.41) is 15.0. The quantitative estimate of drug-likeness (QED) is 0.318. The summed E-state index contributed by atoms with van der Waals surface area (Å²) in [6.07, 6.45) is 3.36. The maximum absolute atomic E-state index is 13.2. The number of rotatable bonds is 4. The molecule has 24 heavy (non-hydrogen) atoms. The first kappa shape index (κ1) is 15.3. The Morgan fingerprint density at radius 2 is 1.96 bits per heavy atom. The van der Waals surface area contributed by atoms with Crippen LogP contribution in [0.4, 0.5) is 10.1 Å². The lowest BCUT2D eigenvalue weighted by Crippen LogP contribution is -2.10. The molecule has 0 atom stereocenters. The summed E-state index contributed by atoms with van der Waals surface area (Å²) < 4.78 is 19.8. The smallest absolute Gasteiger partial charge is 0.343 e. The Morgan fingerprint density at radius 3 is 2.58 bits per heavy atom. The van der Waals surface area contributed by atoms with Gasteiger partial charge in [-0.05, 0) is 36.4 Å². The van der Waals surface area contributed by atoms with Gasteiger partial charge >= 0.3 is 11.7 Å². The van der Waals surface area contributed by atoms with Gasteiger partial charge in [-0.25, -0.2) is 13.9 Å². The molecule has 0 aliphatic heterocycles. The highest BCUT2D eigenvalue weighted by molar-refractivity contribution is 5.91. The maximum atomic E-state index is 13.2. The number of carbonyl (C=O) groups excluding carboxylic acids is 1. The van der Waals surface area contributed by atoms with Gasteiger partial charge in [-0.2, -0.15) is 5.10 Å². The van der Waals surface area contributed by atoms with Gasteiger partial charge in [-0.1, -0.05) is 0 Å². The second-order valence-corrected chi connectivity index (χ2v) is 4.76. The molecule has 3 rings (SSSR count). The van der Waals surface area contributed by atoms with Crippen molar-refractivity contribution in [3.8, 4) is 11.4 Å². The van der Waals surface area contributed by atoms with Crippen molar-refractivity contribution in [1.82, 2.24) is 9.78 Å². The third kappa shape index (κ3) is 3.12. The average Bonchev–Trinajstić information content (AvgIpc) is 3.09. The van der Waals surface area contributed by atoms with E-state index >= 15 is 0 Å². The van der Waals surface area contributed by atoms with E-state index in [-0.39, 0.29) is 5.56 Å². The van der Waals surface area contributed by atoms with Gasteiger partial charge in [-0.15, -0.1) is 0 Å². The van der Waals surface area contributed by atoms with Crippen molar-refractivity contribution in [3.05, 3.63) is 82.4 Å². The van der Waals surface area contributed by atoms with Gasteiger partial charge in [0.15, 0.2) is 0 Å². The summed E-state index contributed by atoms with van der Waals surface area (Å²) in [6.45, 7) is 0. The van der Waals surface area contributed by atoms with E-state index in [9.17, 15) is 19.3 Å². The monoisotopic (exact) mass is 327 g/mol. The highest BCUT2D eigenvalue weighted by Crippen LogP contribution is 2.28. The number of halogens is 1. The van der Waals surface area contributed by atoms with Gasteiger partial charge in [-0.3, -0.25) is 10.1 Å². The van der Waals surface area contributed by atoms with Crippen molar-refractivity contribution in [2.75, 3.05) is 0 Å². The zero-order chi connectivity index (χ0) is 17.1. The lowest BCUT2D eigenvalue weighted by molar-refractivity contribution is -0.385. The molecule has 0 saturated heterocycles. The van der Waals surface area contributed by atoms with E-state index in [0.29, 0.717) is 0 Å². The molecule has 0 saturated carbocycles. The SMILES string of the molecule is O=C(Oc1cc(F)ccc1[N+](=O)[O-])c1ccc(-n2cccn2)cc1. The van der Waals surface area contributed by atoms with E-state index in [0.717, 1.165) is 23.9 Å². The molecule has 2 aromatic carbocycles. The van der Waals surface area contributed by atoms with Crippen LogP contribution in [0, 0.1) is 15.9 Å². The highest BCUT2D eigenvalue weighted by Gasteiger charge is 2.19. The van der Waals surface area contributed by atoms with E-state index in [1.54, 1.807) is 35.3 Å². The minimum absolute atomic E-state index is 0.171. The maximum Gasteiger partial charge on any atom is 0.343 e. The molecule has 120 valence electrons. The fraction of sp³-hybridized carbons (Fsp3) is 0. The van der Waals surface area contributed by atoms with Crippen molar-refractivity contribution in [3.63, 3.8) is 0 Å². The lowest BCUT2D eigenvalue weighted by atomic mass is 10.2. The number of carbonyl (C=O) groups is 1. The predicted molar refractivity (Wildman–Crippen MR) is 81.6 cm³/mol. The summed E-state index contributed by atoms with van der Waals surface area (Å²) in [4.78, 5) is 22.3. The van der Waals surface area contributed by atoms with Gasteiger partial charge in [0.25, 0.3) is 0 Å². The van der Waals surface area contributed by atoms with Crippen LogP contribution in [0.5, 0.6) is 5.75 Å². The summed E-state index contributed by atoms with van der Waals surface area (Å²) in [7, 11) is 0. The summed E-state index contributed by atoms with van der Waals surface area (Å²) in [6, 6.07) is 10.7. The minimum Gasteiger partial charge on any atom is -0.415 e. The molecule has 7 nitrogen and oxygen atoms in total. The topological polar surface area (TPSA) is 87.3 Å². The van der Waals surface area contributed by atoms with Crippen molar-refractivity contribution < 1.29 is 18.8 Å². The third-order valence-corrected chi connectivity index (χ3v) is 3.19. The van der Waals surface area contributed by atoms with E-state index in [1.165, 1.54) is 12.1 Å². The van der Waals surface area contributed by atoms with Gasteiger partial charge in [0.1, 0.15) is 5.82 Å². The number of nitro groups is 1. The molecular formula is C16H10FN3O4. The van der Waals surface area contributed by atoms with Crippen LogP contribution in [0.1, 0.15) is 10.4 Å². The second kappa shape index (κ2) is 6.29. The van der Waals surface area contributed by atoms with E-state index < -0.39 is 28.1 Å². The molecule has 0 aliphatic carbocycles. The zero-order valence-electron chi connectivity index (χ0n) is 12.1. The van der Waals surface area contributed by atoms with Crippen LogP contribution >= 0.6 is 0 Å². The molecule has 0 aliphatic rings. The van der Waals surface area contributed by atoms with Crippen molar-refractivity contribution in [1.29, 1.82) is 0 Å². The largest absolute Gasteiger partial charge is 0.415 e. The molecule has 0 N–H and O–H groups in total. The first-order chi connectivity index (χ1) is 11.5. The molecule has 0 fully saturated rings. The van der Waals surface area contributed by atoms with Crippen LogP contribution in [-0.2, 0) is 0 Å². The molecule has 0 amide bonds. The van der Waals surface area contributed by atoms with Crippen molar-refractivity contribution in [2.24, 2.45) is 0 Å². The molecule has 0 bridgehead atoms. The van der Waals surface area contributed by atoms with Gasteiger partial charge in [0, 0.05) is 24.5 Å². The standard InChI is InChI=1S/C16H10FN3O4/c17-12-4-7-14(20(22)23)15(10-12)24-16(21)11-2-5-13(6-3-11)19-9-1-8-18-19/h1-10H. The Balaban J connectivity index is 1.83. The van der Waals surface area contributed by atoms with Crippen LogP contribution in [-0.4, -0.2) is 20.7 Å². The summed E-state index contributed by atoms with van der Waals surface area (Å²) in [5.74, 6) is -2.01. The molecule has 1 aromatic heterocycles. The van der Waals surface area contributed by atoms with Crippen LogP contribution in [0.3, 0.4) is 0 Å². The number of hydrogen-bond donors (Lipinski definition) is 0. The number of aromatic nitrogens is 2. The third-order valence-electron chi connectivity index (χ3n) is 3.19. The van der Waals surface area contributed by atoms with E-state index in [4.69, 9.17) is 4.74 Å². The Kier molecular flexibility index (Phi) is 4.02. The zero-order valence-corrected chi connectivity index (χ0v) is 12.1. The Hall–Kier alpha value is -3.55. The summed E-state index contributed by atoms with van der Waals surface area (Å²) in [5.41, 5.74) is 0.413. The second-order valence-electron chi connectivity index (χ2n) is 4.76. The van der Waals surface area contributed by atoms with Crippen LogP contribution in [0.2, 0.25) is 0 Å². The molecular weight excluding hydrogens is 317 g/mol. The van der Waals surface area contributed by atoms with E-state index in [2.05, 4.69) is 5.10 Å². The van der Waals surface area contributed by atoms with Crippen molar-refractivity contribution in [2.45, 2.75) is 0 Å². The number of esters is 1. The van der Waals surface area contributed by atoms with Crippen LogP contribution in [0.15, 0.2) is 60.9 Å². The normalized spacial score (nSPS) is 10.4. The number of nitro benzene ring substituents is 1. The minimum atomic E-state index is -0.823. The molecule has 0 unspecified atom stereocenters. The fourth-order valence-electron chi connectivity index (χ4n) is 2.05. The Morgan fingerprint density at radius 1 is 1.21 bits per heavy atom. The van der Waals surface area contributed by atoms with Crippen molar-refractivity contribution >= 4 is 11.7 Å². The van der Waals surface area contributed by atoms with Crippen LogP contribution < -0.4 is 4.74 Å². The lowest BCUT2D eigenvalue weighted by Gasteiger charge is -2.06. The molecule has 8 heteroatoms. The fourth-order valence-corrected chi connectivity index (χ4v) is 2.05. The Labute approximate surface area is 135 Å². The van der Waals surface area contributed by atoms with Crippen LogP contribution in [0.25, 0.3) is 5.69 Å². The molecule has 3 aromatic rings. The number of benzene rings is 2. The average molecular weight is 327 g/mol. The van der Waals surface area contributed by atoms with Gasteiger partial charge in [0.05, 0.1) is 16.2 Å².